The Labute approximate surface area is 119 Å². The average Bonchev–Trinajstić information content (AvgIpc) is 2.54. The lowest BCUT2D eigenvalue weighted by Gasteiger charge is -2.27. The van der Waals surface area contributed by atoms with Crippen molar-refractivity contribution < 1.29 is 9.47 Å². The summed E-state index contributed by atoms with van der Waals surface area (Å²) in [4.78, 5) is 0. The normalized spacial score (nSPS) is 20.7. The molecule has 20 heavy (non-hydrogen) atoms. The third-order valence-corrected chi connectivity index (χ3v) is 4.27. The molecule has 4 rings (SSSR count). The second-order valence-electron chi connectivity index (χ2n) is 5.59. The Morgan fingerprint density at radius 1 is 0.950 bits per heavy atom. The molecule has 0 amide bonds. The Morgan fingerprint density at radius 2 is 1.85 bits per heavy atom. The number of hydrogen-bond donors (Lipinski definition) is 0. The molecule has 0 radical (unpaired) electrons. The van der Waals surface area contributed by atoms with Gasteiger partial charge >= 0.3 is 0 Å². The maximum atomic E-state index is 6.04. The van der Waals surface area contributed by atoms with Crippen LogP contribution in [0.5, 0.6) is 5.75 Å². The molecule has 2 heterocycles. The summed E-state index contributed by atoms with van der Waals surface area (Å²) in [5.41, 5.74) is 5.35. The van der Waals surface area contributed by atoms with Crippen molar-refractivity contribution in [3.63, 3.8) is 0 Å². The molecule has 0 N–H and O–H groups in total. The Hall–Kier alpha value is -1.80. The number of benzene rings is 2. The summed E-state index contributed by atoms with van der Waals surface area (Å²) in [6.07, 6.45) is 3.38. The standard InChI is InChI=1S/C18H18O2/c1-2-5-16-12-20-18(11-13(16)4-1)15-7-8-17-14(10-15)6-3-9-19-17/h1-2,4-5,7-8,10,18H,3,6,9,11-12H2. The van der Waals surface area contributed by atoms with Gasteiger partial charge in [0.15, 0.2) is 0 Å². The van der Waals surface area contributed by atoms with E-state index < -0.39 is 0 Å². The van der Waals surface area contributed by atoms with E-state index in [1.54, 1.807) is 0 Å². The number of fused-ring (bicyclic) bond motifs is 2. The summed E-state index contributed by atoms with van der Waals surface area (Å²) in [5, 5.41) is 0. The minimum Gasteiger partial charge on any atom is -0.493 e. The summed E-state index contributed by atoms with van der Waals surface area (Å²) in [7, 11) is 0. The van der Waals surface area contributed by atoms with Crippen LogP contribution in [-0.4, -0.2) is 6.61 Å². The van der Waals surface area contributed by atoms with Crippen molar-refractivity contribution >= 4 is 0 Å². The molecular formula is C18H18O2. The minimum absolute atomic E-state index is 0.178. The van der Waals surface area contributed by atoms with Crippen molar-refractivity contribution in [1.29, 1.82) is 0 Å². The molecule has 0 saturated heterocycles. The summed E-state index contributed by atoms with van der Waals surface area (Å²) >= 11 is 0. The molecule has 0 saturated carbocycles. The highest BCUT2D eigenvalue weighted by atomic mass is 16.5. The van der Waals surface area contributed by atoms with Crippen LogP contribution in [0, 0.1) is 0 Å². The lowest BCUT2D eigenvalue weighted by atomic mass is 9.93. The molecule has 1 unspecified atom stereocenters. The fourth-order valence-corrected chi connectivity index (χ4v) is 3.14. The monoisotopic (exact) mass is 266 g/mol. The Balaban J connectivity index is 1.63. The van der Waals surface area contributed by atoms with Crippen LogP contribution in [0.15, 0.2) is 42.5 Å². The zero-order valence-corrected chi connectivity index (χ0v) is 11.5. The molecule has 0 aliphatic carbocycles. The molecule has 1 atom stereocenters. The van der Waals surface area contributed by atoms with Crippen LogP contribution in [0.25, 0.3) is 0 Å². The largest absolute Gasteiger partial charge is 0.493 e. The van der Waals surface area contributed by atoms with Crippen LogP contribution in [0.4, 0.5) is 0 Å². The van der Waals surface area contributed by atoms with Gasteiger partial charge in [0, 0.05) is 6.42 Å². The van der Waals surface area contributed by atoms with E-state index in [0.29, 0.717) is 6.61 Å². The Morgan fingerprint density at radius 3 is 2.80 bits per heavy atom. The van der Waals surface area contributed by atoms with Gasteiger partial charge in [-0.05, 0) is 47.2 Å². The van der Waals surface area contributed by atoms with Crippen molar-refractivity contribution in [3.8, 4) is 5.75 Å². The van der Waals surface area contributed by atoms with Crippen molar-refractivity contribution in [3.05, 3.63) is 64.7 Å². The van der Waals surface area contributed by atoms with Gasteiger partial charge < -0.3 is 9.47 Å². The molecule has 2 aliphatic rings. The quantitative estimate of drug-likeness (QED) is 0.781. The van der Waals surface area contributed by atoms with Crippen molar-refractivity contribution in [2.24, 2.45) is 0 Å². The molecule has 2 aromatic carbocycles. The first-order valence-corrected chi connectivity index (χ1v) is 7.34. The van der Waals surface area contributed by atoms with Gasteiger partial charge in [0.1, 0.15) is 5.75 Å². The summed E-state index contributed by atoms with van der Waals surface area (Å²) in [6, 6.07) is 15.1. The van der Waals surface area contributed by atoms with Crippen LogP contribution in [0.2, 0.25) is 0 Å². The van der Waals surface area contributed by atoms with Gasteiger partial charge in [-0.3, -0.25) is 0 Å². The second-order valence-corrected chi connectivity index (χ2v) is 5.59. The van der Waals surface area contributed by atoms with Gasteiger partial charge in [0.05, 0.1) is 19.3 Å². The van der Waals surface area contributed by atoms with Crippen molar-refractivity contribution in [2.45, 2.75) is 32.0 Å². The predicted molar refractivity (Wildman–Crippen MR) is 77.9 cm³/mol. The van der Waals surface area contributed by atoms with Gasteiger partial charge in [0.25, 0.3) is 0 Å². The van der Waals surface area contributed by atoms with Crippen LogP contribution >= 0.6 is 0 Å². The number of hydrogen-bond acceptors (Lipinski definition) is 2. The van der Waals surface area contributed by atoms with Crippen LogP contribution in [0.1, 0.15) is 34.8 Å². The van der Waals surface area contributed by atoms with E-state index in [9.17, 15) is 0 Å². The second kappa shape index (κ2) is 4.95. The van der Waals surface area contributed by atoms with E-state index in [2.05, 4.69) is 42.5 Å². The zero-order valence-electron chi connectivity index (χ0n) is 11.5. The highest BCUT2D eigenvalue weighted by Crippen LogP contribution is 2.34. The molecule has 2 heteroatoms. The average molecular weight is 266 g/mol. The van der Waals surface area contributed by atoms with Crippen LogP contribution in [-0.2, 0) is 24.2 Å². The Bertz CT molecular complexity index is 633. The molecule has 0 spiro atoms. The molecule has 0 fully saturated rings. The minimum atomic E-state index is 0.178. The Kier molecular flexibility index (Phi) is 2.96. The number of rotatable bonds is 1. The molecular weight excluding hydrogens is 248 g/mol. The third kappa shape index (κ3) is 2.10. The smallest absolute Gasteiger partial charge is 0.122 e. The summed E-state index contributed by atoms with van der Waals surface area (Å²) < 4.78 is 11.7. The first kappa shape index (κ1) is 12.0. The fraction of sp³-hybridized carbons (Fsp3) is 0.333. The lowest BCUT2D eigenvalue weighted by molar-refractivity contribution is 0.0273. The van der Waals surface area contributed by atoms with Gasteiger partial charge in [0.2, 0.25) is 0 Å². The van der Waals surface area contributed by atoms with Gasteiger partial charge in [-0.1, -0.05) is 30.3 Å². The van der Waals surface area contributed by atoms with Gasteiger partial charge in [-0.15, -0.1) is 0 Å². The molecule has 102 valence electrons. The van der Waals surface area contributed by atoms with Crippen LogP contribution < -0.4 is 4.74 Å². The molecule has 2 nitrogen and oxygen atoms in total. The highest BCUT2D eigenvalue weighted by molar-refractivity contribution is 5.40. The molecule has 0 aromatic heterocycles. The number of ether oxygens (including phenoxy) is 2. The van der Waals surface area contributed by atoms with E-state index in [4.69, 9.17) is 9.47 Å². The first-order chi connectivity index (χ1) is 9.90. The van der Waals surface area contributed by atoms with Crippen molar-refractivity contribution in [1.82, 2.24) is 0 Å². The maximum absolute atomic E-state index is 6.04. The topological polar surface area (TPSA) is 18.5 Å². The zero-order chi connectivity index (χ0) is 13.4. The summed E-state index contributed by atoms with van der Waals surface area (Å²) in [6.45, 7) is 1.56. The predicted octanol–water partition coefficient (Wildman–Crippen LogP) is 3.83. The molecule has 2 aromatic rings. The van der Waals surface area contributed by atoms with E-state index in [-0.39, 0.29) is 6.10 Å². The van der Waals surface area contributed by atoms with E-state index in [0.717, 1.165) is 31.6 Å². The van der Waals surface area contributed by atoms with E-state index in [1.165, 1.54) is 22.3 Å². The van der Waals surface area contributed by atoms with E-state index >= 15 is 0 Å². The SMILES string of the molecule is c1ccc2c(c1)COC(c1ccc3c(c1)CCCO3)C2. The maximum Gasteiger partial charge on any atom is 0.122 e. The van der Waals surface area contributed by atoms with E-state index in [1.807, 2.05) is 0 Å². The van der Waals surface area contributed by atoms with Gasteiger partial charge in [-0.2, -0.15) is 0 Å². The fourth-order valence-electron chi connectivity index (χ4n) is 3.14. The lowest BCUT2D eigenvalue weighted by Crippen LogP contribution is -2.16. The summed E-state index contributed by atoms with van der Waals surface area (Å²) in [5.74, 6) is 1.05. The first-order valence-electron chi connectivity index (χ1n) is 7.34. The molecule has 2 aliphatic heterocycles. The van der Waals surface area contributed by atoms with Crippen LogP contribution in [0.3, 0.4) is 0 Å². The molecule has 0 bridgehead atoms. The van der Waals surface area contributed by atoms with Crippen molar-refractivity contribution in [2.75, 3.05) is 6.61 Å². The third-order valence-electron chi connectivity index (χ3n) is 4.27. The van der Waals surface area contributed by atoms with Gasteiger partial charge in [-0.25, -0.2) is 0 Å². The number of aryl methyl sites for hydroxylation is 1. The highest BCUT2D eigenvalue weighted by Gasteiger charge is 2.21.